The Hall–Kier alpha value is -2.44. The zero-order valence-corrected chi connectivity index (χ0v) is 14.3. The summed E-state index contributed by atoms with van der Waals surface area (Å²) >= 11 is 1.64. The Balaban J connectivity index is 1.80. The molecule has 2 aromatic heterocycles. The number of hydrogen-bond acceptors (Lipinski definition) is 5. The fraction of sp³-hybridized carbons (Fsp3) is 0.222. The number of para-hydroxylation sites is 1. The minimum atomic E-state index is -0.622. The molecule has 3 rings (SSSR count). The minimum absolute atomic E-state index is 0.0254. The van der Waals surface area contributed by atoms with Gasteiger partial charge in [-0.25, -0.2) is 4.79 Å². The lowest BCUT2D eigenvalue weighted by atomic mass is 10.1. The van der Waals surface area contributed by atoms with Gasteiger partial charge < -0.3 is 14.6 Å². The molecule has 0 radical (unpaired) electrons. The van der Waals surface area contributed by atoms with Crippen LogP contribution in [-0.4, -0.2) is 31.4 Å². The van der Waals surface area contributed by atoms with Crippen molar-refractivity contribution in [2.75, 3.05) is 20.6 Å². The number of amides is 1. The van der Waals surface area contributed by atoms with Crippen LogP contribution in [0.25, 0.3) is 11.0 Å². The third-order valence-corrected chi connectivity index (χ3v) is 4.81. The summed E-state index contributed by atoms with van der Waals surface area (Å²) in [5, 5.41) is 5.57. The average molecular weight is 342 g/mol. The van der Waals surface area contributed by atoms with Crippen LogP contribution in [0.4, 0.5) is 0 Å². The zero-order chi connectivity index (χ0) is 17.1. The first-order chi connectivity index (χ1) is 11.6. The number of hydrogen-bond donors (Lipinski definition) is 1. The smallest absolute Gasteiger partial charge is 0.349 e. The molecule has 0 bridgehead atoms. The van der Waals surface area contributed by atoms with E-state index in [2.05, 4.69) is 5.32 Å². The summed E-state index contributed by atoms with van der Waals surface area (Å²) in [6.45, 7) is 0.415. The first-order valence-electron chi connectivity index (χ1n) is 7.57. The maximum absolute atomic E-state index is 12.4. The summed E-state index contributed by atoms with van der Waals surface area (Å²) < 4.78 is 5.22. The monoisotopic (exact) mass is 342 g/mol. The average Bonchev–Trinajstić information content (AvgIpc) is 3.08. The van der Waals surface area contributed by atoms with Crippen LogP contribution in [-0.2, 0) is 0 Å². The number of carbonyl (C=O) groups is 1. The van der Waals surface area contributed by atoms with Gasteiger partial charge in [0.2, 0.25) is 0 Å². The quantitative estimate of drug-likeness (QED) is 0.724. The number of carbonyl (C=O) groups excluding carboxylic acids is 1. The van der Waals surface area contributed by atoms with Crippen molar-refractivity contribution < 1.29 is 9.21 Å². The molecule has 1 amide bonds. The highest BCUT2D eigenvalue weighted by molar-refractivity contribution is 7.10. The molecule has 24 heavy (non-hydrogen) atoms. The Kier molecular flexibility index (Phi) is 4.78. The number of thiophene rings is 1. The Labute approximate surface area is 143 Å². The van der Waals surface area contributed by atoms with E-state index < -0.39 is 11.5 Å². The largest absolute Gasteiger partial charge is 0.422 e. The van der Waals surface area contributed by atoms with Crippen LogP contribution < -0.4 is 10.9 Å². The van der Waals surface area contributed by atoms with Crippen molar-refractivity contribution in [3.63, 3.8) is 0 Å². The van der Waals surface area contributed by atoms with E-state index in [1.807, 2.05) is 48.6 Å². The fourth-order valence-corrected chi connectivity index (χ4v) is 3.45. The molecule has 1 N–H and O–H groups in total. The Morgan fingerprint density at radius 1 is 1.25 bits per heavy atom. The van der Waals surface area contributed by atoms with Gasteiger partial charge in [-0.2, -0.15) is 0 Å². The van der Waals surface area contributed by atoms with Gasteiger partial charge in [-0.1, -0.05) is 24.3 Å². The molecule has 0 fully saturated rings. The van der Waals surface area contributed by atoms with E-state index >= 15 is 0 Å². The van der Waals surface area contributed by atoms with E-state index in [9.17, 15) is 9.59 Å². The van der Waals surface area contributed by atoms with Crippen molar-refractivity contribution in [1.82, 2.24) is 10.2 Å². The maximum atomic E-state index is 12.4. The molecule has 0 aliphatic heterocycles. The third kappa shape index (κ3) is 3.39. The Morgan fingerprint density at radius 2 is 2.04 bits per heavy atom. The Bertz CT molecular complexity index is 900. The maximum Gasteiger partial charge on any atom is 0.349 e. The van der Waals surface area contributed by atoms with Gasteiger partial charge in [0.05, 0.1) is 6.04 Å². The van der Waals surface area contributed by atoms with E-state index in [-0.39, 0.29) is 11.6 Å². The molecule has 0 saturated carbocycles. The molecular formula is C18H18N2O3S. The lowest BCUT2D eigenvalue weighted by molar-refractivity contribution is 0.0939. The first kappa shape index (κ1) is 16.4. The molecule has 3 aromatic rings. The van der Waals surface area contributed by atoms with Crippen molar-refractivity contribution in [1.29, 1.82) is 0 Å². The van der Waals surface area contributed by atoms with Crippen molar-refractivity contribution >= 4 is 28.2 Å². The second kappa shape index (κ2) is 6.98. The third-order valence-electron chi connectivity index (χ3n) is 3.84. The van der Waals surface area contributed by atoms with Gasteiger partial charge >= 0.3 is 5.63 Å². The summed E-state index contributed by atoms with van der Waals surface area (Å²) in [5.74, 6) is -0.419. The highest BCUT2D eigenvalue weighted by atomic mass is 32.1. The van der Waals surface area contributed by atoms with E-state index in [4.69, 9.17) is 4.42 Å². The van der Waals surface area contributed by atoms with Crippen LogP contribution in [0.1, 0.15) is 21.3 Å². The number of benzene rings is 1. The zero-order valence-electron chi connectivity index (χ0n) is 13.5. The standard InChI is InChI=1S/C18H18N2O3S/c1-20(2)14(16-8-5-9-24-16)11-19-17(21)13-10-12-6-3-4-7-15(12)23-18(13)22/h3-10,14H,11H2,1-2H3,(H,19,21)/t14-/m1/s1. The molecule has 5 nitrogen and oxygen atoms in total. The van der Waals surface area contributed by atoms with Gasteiger partial charge in [-0.3, -0.25) is 4.79 Å². The molecule has 0 spiro atoms. The van der Waals surface area contributed by atoms with Crippen LogP contribution in [0.3, 0.4) is 0 Å². The van der Waals surface area contributed by atoms with E-state index in [1.54, 1.807) is 29.5 Å². The van der Waals surface area contributed by atoms with Gasteiger partial charge in [-0.15, -0.1) is 11.3 Å². The van der Waals surface area contributed by atoms with Crippen LogP contribution in [0.2, 0.25) is 0 Å². The number of fused-ring (bicyclic) bond motifs is 1. The summed E-state index contributed by atoms with van der Waals surface area (Å²) in [6.07, 6.45) is 0. The van der Waals surface area contributed by atoms with Gasteiger partial charge in [0.1, 0.15) is 11.1 Å². The van der Waals surface area contributed by atoms with Crippen molar-refractivity contribution in [2.45, 2.75) is 6.04 Å². The van der Waals surface area contributed by atoms with Crippen LogP contribution in [0, 0.1) is 0 Å². The molecule has 0 aliphatic rings. The summed E-state index contributed by atoms with van der Waals surface area (Å²) in [7, 11) is 3.92. The summed E-state index contributed by atoms with van der Waals surface area (Å²) in [6, 6.07) is 12.8. The number of likely N-dealkylation sites (N-methyl/N-ethyl adjacent to an activating group) is 1. The predicted octanol–water partition coefficient (Wildman–Crippen LogP) is 2.89. The first-order valence-corrected chi connectivity index (χ1v) is 8.45. The van der Waals surface area contributed by atoms with Crippen molar-refractivity contribution in [3.05, 3.63) is 68.7 Å². The van der Waals surface area contributed by atoms with Crippen molar-refractivity contribution in [2.24, 2.45) is 0 Å². The highest BCUT2D eigenvalue weighted by Gasteiger charge is 2.19. The molecule has 0 saturated heterocycles. The topological polar surface area (TPSA) is 62.6 Å². The number of nitrogens with one attached hydrogen (secondary N) is 1. The van der Waals surface area contributed by atoms with Gasteiger partial charge in [0, 0.05) is 16.8 Å². The predicted molar refractivity (Wildman–Crippen MR) is 95.6 cm³/mol. The Morgan fingerprint density at radius 3 is 2.75 bits per heavy atom. The molecule has 6 heteroatoms. The van der Waals surface area contributed by atoms with Gasteiger partial charge in [0.15, 0.2) is 0 Å². The lowest BCUT2D eigenvalue weighted by Gasteiger charge is -2.23. The number of rotatable bonds is 5. The van der Waals surface area contributed by atoms with Crippen molar-refractivity contribution in [3.8, 4) is 0 Å². The van der Waals surface area contributed by atoms with Crippen LogP contribution in [0.5, 0.6) is 0 Å². The molecule has 1 aromatic carbocycles. The highest BCUT2D eigenvalue weighted by Crippen LogP contribution is 2.22. The molecule has 0 aliphatic carbocycles. The SMILES string of the molecule is CN(C)[C@H](CNC(=O)c1cc2ccccc2oc1=O)c1cccs1. The molecular weight excluding hydrogens is 324 g/mol. The van der Waals surface area contributed by atoms with Crippen LogP contribution in [0.15, 0.2) is 57.1 Å². The molecule has 1 atom stereocenters. The number of nitrogens with zero attached hydrogens (tertiary/aromatic N) is 1. The van der Waals surface area contributed by atoms with Gasteiger partial charge in [0.25, 0.3) is 5.91 Å². The lowest BCUT2D eigenvalue weighted by Crippen LogP contribution is -2.36. The second-order valence-corrected chi connectivity index (χ2v) is 6.67. The van der Waals surface area contributed by atoms with E-state index in [0.29, 0.717) is 12.1 Å². The van der Waals surface area contributed by atoms with E-state index in [0.717, 1.165) is 10.3 Å². The molecule has 124 valence electrons. The van der Waals surface area contributed by atoms with Crippen LogP contribution >= 0.6 is 11.3 Å². The molecule has 0 unspecified atom stereocenters. The van der Waals surface area contributed by atoms with E-state index in [1.165, 1.54) is 0 Å². The fourth-order valence-electron chi connectivity index (χ4n) is 2.52. The summed E-state index contributed by atoms with van der Waals surface area (Å²) in [4.78, 5) is 27.7. The minimum Gasteiger partial charge on any atom is -0.422 e. The van der Waals surface area contributed by atoms with Gasteiger partial charge in [-0.05, 0) is 37.7 Å². The summed E-state index contributed by atoms with van der Waals surface area (Å²) in [5.41, 5.74) is -0.120. The second-order valence-electron chi connectivity index (χ2n) is 5.69. The molecule has 2 heterocycles. The normalized spacial score (nSPS) is 12.5.